The zero-order chi connectivity index (χ0) is 14.7. The molecule has 4 nitrogen and oxygen atoms in total. The molecule has 0 amide bonds. The first kappa shape index (κ1) is 13.1. The molecule has 4 heteroatoms. The van der Waals surface area contributed by atoms with Crippen molar-refractivity contribution in [2.24, 2.45) is 0 Å². The summed E-state index contributed by atoms with van der Waals surface area (Å²) in [7, 11) is 0. The fourth-order valence-electron chi connectivity index (χ4n) is 2.20. The molecule has 1 aromatic carbocycles. The summed E-state index contributed by atoms with van der Waals surface area (Å²) in [4.78, 5) is 8.66. The first-order valence-corrected chi connectivity index (χ1v) is 6.71. The highest BCUT2D eigenvalue weighted by Crippen LogP contribution is 2.20. The second-order valence-electron chi connectivity index (χ2n) is 4.84. The van der Waals surface area contributed by atoms with Gasteiger partial charge >= 0.3 is 0 Å². The van der Waals surface area contributed by atoms with E-state index in [4.69, 9.17) is 0 Å². The average Bonchev–Trinajstić information content (AvgIpc) is 2.53. The Bertz CT molecular complexity index is 834. The Kier molecular flexibility index (Phi) is 3.48. The highest BCUT2D eigenvalue weighted by molar-refractivity contribution is 5.82. The van der Waals surface area contributed by atoms with Gasteiger partial charge in [0, 0.05) is 24.3 Å². The Balaban J connectivity index is 1.93. The van der Waals surface area contributed by atoms with E-state index in [1.807, 2.05) is 49.5 Å². The molecule has 0 fully saturated rings. The number of nitriles is 1. The monoisotopic (exact) mass is 274 g/mol. The normalized spacial score (nSPS) is 10.3. The van der Waals surface area contributed by atoms with Crippen molar-refractivity contribution < 1.29 is 0 Å². The Labute approximate surface area is 123 Å². The van der Waals surface area contributed by atoms with Crippen LogP contribution in [0.1, 0.15) is 16.7 Å². The van der Waals surface area contributed by atoms with E-state index in [1.54, 1.807) is 6.20 Å². The molecule has 2 aromatic heterocycles. The lowest BCUT2D eigenvalue weighted by Crippen LogP contribution is -2.05. The summed E-state index contributed by atoms with van der Waals surface area (Å²) in [6.45, 7) is 2.64. The maximum absolute atomic E-state index is 9.29. The van der Waals surface area contributed by atoms with Crippen molar-refractivity contribution in [1.82, 2.24) is 9.97 Å². The second-order valence-corrected chi connectivity index (χ2v) is 4.84. The van der Waals surface area contributed by atoms with E-state index in [0.717, 1.165) is 22.0 Å². The molecular weight excluding hydrogens is 260 g/mol. The van der Waals surface area contributed by atoms with Crippen molar-refractivity contribution in [1.29, 1.82) is 5.26 Å². The van der Waals surface area contributed by atoms with Gasteiger partial charge in [-0.25, -0.2) is 4.98 Å². The van der Waals surface area contributed by atoms with E-state index in [0.29, 0.717) is 17.9 Å². The second kappa shape index (κ2) is 5.59. The fourth-order valence-corrected chi connectivity index (χ4v) is 2.20. The number of hydrogen-bond donors (Lipinski definition) is 1. The highest BCUT2D eigenvalue weighted by Gasteiger charge is 2.07. The number of aromatic nitrogens is 2. The van der Waals surface area contributed by atoms with Gasteiger partial charge in [-0.3, -0.25) is 4.98 Å². The lowest BCUT2D eigenvalue weighted by molar-refractivity contribution is 1.06. The number of nitrogens with zero attached hydrogens (tertiary/aromatic N) is 3. The lowest BCUT2D eigenvalue weighted by atomic mass is 10.1. The summed E-state index contributed by atoms with van der Waals surface area (Å²) < 4.78 is 0. The number of benzene rings is 1. The van der Waals surface area contributed by atoms with Crippen molar-refractivity contribution in [2.45, 2.75) is 13.5 Å². The van der Waals surface area contributed by atoms with Crippen molar-refractivity contribution in [3.63, 3.8) is 0 Å². The quantitative estimate of drug-likeness (QED) is 0.795. The van der Waals surface area contributed by atoms with Gasteiger partial charge in [0.2, 0.25) is 0 Å². The molecule has 1 N–H and O–H groups in total. The Hall–Kier alpha value is -2.93. The molecule has 3 rings (SSSR count). The van der Waals surface area contributed by atoms with Crippen molar-refractivity contribution >= 4 is 16.7 Å². The molecule has 0 radical (unpaired) electrons. The molecule has 0 spiro atoms. The standard InChI is InChI=1S/C17H14N4/c1-12-6-7-19-10-15(12)11-20-17-14(9-18)8-13-4-2-3-5-16(13)21-17/h2-8,10H,11H2,1H3,(H,20,21). The number of fused-ring (bicyclic) bond motifs is 1. The van der Waals surface area contributed by atoms with Gasteiger partial charge in [-0.15, -0.1) is 0 Å². The number of aryl methyl sites for hydroxylation is 1. The molecule has 0 bridgehead atoms. The number of nitrogens with one attached hydrogen (secondary N) is 1. The largest absolute Gasteiger partial charge is 0.365 e. The van der Waals surface area contributed by atoms with Crippen LogP contribution in [-0.2, 0) is 6.54 Å². The fraction of sp³-hybridized carbons (Fsp3) is 0.118. The Morgan fingerprint density at radius 1 is 1.24 bits per heavy atom. The number of anilines is 1. The van der Waals surface area contributed by atoms with Gasteiger partial charge in [0.25, 0.3) is 0 Å². The number of hydrogen-bond acceptors (Lipinski definition) is 4. The van der Waals surface area contributed by atoms with E-state index in [-0.39, 0.29) is 0 Å². The van der Waals surface area contributed by atoms with Crippen molar-refractivity contribution in [3.05, 3.63) is 65.5 Å². The van der Waals surface area contributed by atoms with E-state index >= 15 is 0 Å². The molecule has 0 saturated carbocycles. The van der Waals surface area contributed by atoms with Gasteiger partial charge in [-0.1, -0.05) is 18.2 Å². The summed E-state index contributed by atoms with van der Waals surface area (Å²) >= 11 is 0. The minimum absolute atomic E-state index is 0.551. The maximum Gasteiger partial charge on any atom is 0.144 e. The smallest absolute Gasteiger partial charge is 0.144 e. The van der Waals surface area contributed by atoms with Crippen LogP contribution in [0.5, 0.6) is 0 Å². The Morgan fingerprint density at radius 2 is 2.10 bits per heavy atom. The predicted octanol–water partition coefficient (Wildman–Crippen LogP) is 3.42. The molecule has 0 unspecified atom stereocenters. The molecule has 0 saturated heterocycles. The van der Waals surface area contributed by atoms with E-state index in [2.05, 4.69) is 21.4 Å². The zero-order valence-electron chi connectivity index (χ0n) is 11.7. The third-order valence-electron chi connectivity index (χ3n) is 3.44. The minimum Gasteiger partial charge on any atom is -0.365 e. The molecular formula is C17H14N4. The van der Waals surface area contributed by atoms with Gasteiger partial charge in [0.1, 0.15) is 11.9 Å². The van der Waals surface area contributed by atoms with Crippen LogP contribution in [0.25, 0.3) is 10.9 Å². The summed E-state index contributed by atoms with van der Waals surface area (Å²) in [5.74, 6) is 0.611. The van der Waals surface area contributed by atoms with E-state index < -0.39 is 0 Å². The molecule has 0 aliphatic rings. The van der Waals surface area contributed by atoms with Crippen LogP contribution >= 0.6 is 0 Å². The summed E-state index contributed by atoms with van der Waals surface area (Å²) in [5.41, 5.74) is 3.69. The van der Waals surface area contributed by atoms with Gasteiger partial charge in [-0.05, 0) is 36.2 Å². The highest BCUT2D eigenvalue weighted by atomic mass is 15.0. The molecule has 102 valence electrons. The Morgan fingerprint density at radius 3 is 2.90 bits per heavy atom. The third kappa shape index (κ3) is 2.67. The van der Waals surface area contributed by atoms with Gasteiger partial charge in [-0.2, -0.15) is 5.26 Å². The van der Waals surface area contributed by atoms with Crippen LogP contribution in [-0.4, -0.2) is 9.97 Å². The van der Waals surface area contributed by atoms with Crippen LogP contribution in [0.2, 0.25) is 0 Å². The van der Waals surface area contributed by atoms with Crippen LogP contribution in [0, 0.1) is 18.3 Å². The third-order valence-corrected chi connectivity index (χ3v) is 3.44. The van der Waals surface area contributed by atoms with Crippen LogP contribution in [0.3, 0.4) is 0 Å². The summed E-state index contributed by atoms with van der Waals surface area (Å²) in [6.07, 6.45) is 3.60. The van der Waals surface area contributed by atoms with Crippen LogP contribution in [0.15, 0.2) is 48.8 Å². The number of para-hydroxylation sites is 1. The van der Waals surface area contributed by atoms with Crippen LogP contribution in [0.4, 0.5) is 5.82 Å². The summed E-state index contributed by atoms with van der Waals surface area (Å²) in [5, 5.41) is 13.5. The van der Waals surface area contributed by atoms with E-state index in [1.165, 1.54) is 0 Å². The molecule has 0 aliphatic heterocycles. The number of pyridine rings is 2. The van der Waals surface area contributed by atoms with Crippen molar-refractivity contribution in [3.8, 4) is 6.07 Å². The zero-order valence-corrected chi connectivity index (χ0v) is 11.7. The molecule has 0 aliphatic carbocycles. The first-order valence-electron chi connectivity index (χ1n) is 6.71. The molecule has 3 aromatic rings. The van der Waals surface area contributed by atoms with Crippen LogP contribution < -0.4 is 5.32 Å². The SMILES string of the molecule is Cc1ccncc1CNc1nc2ccccc2cc1C#N. The molecule has 2 heterocycles. The van der Waals surface area contributed by atoms with Gasteiger partial charge in [0.05, 0.1) is 11.1 Å². The van der Waals surface area contributed by atoms with E-state index in [9.17, 15) is 5.26 Å². The van der Waals surface area contributed by atoms with Gasteiger partial charge in [0.15, 0.2) is 0 Å². The van der Waals surface area contributed by atoms with Crippen molar-refractivity contribution in [2.75, 3.05) is 5.32 Å². The molecule has 21 heavy (non-hydrogen) atoms. The maximum atomic E-state index is 9.29. The first-order chi connectivity index (χ1) is 10.3. The number of rotatable bonds is 3. The average molecular weight is 274 g/mol. The lowest BCUT2D eigenvalue weighted by Gasteiger charge is -2.10. The topological polar surface area (TPSA) is 61.6 Å². The minimum atomic E-state index is 0.551. The summed E-state index contributed by atoms with van der Waals surface area (Å²) in [6, 6.07) is 13.8. The van der Waals surface area contributed by atoms with Gasteiger partial charge < -0.3 is 5.32 Å². The predicted molar refractivity (Wildman–Crippen MR) is 82.8 cm³/mol. The molecule has 0 atom stereocenters.